The van der Waals surface area contributed by atoms with Crippen molar-refractivity contribution in [3.8, 4) is 0 Å². The molecule has 2 atom stereocenters. The fraction of sp³-hybridized carbons (Fsp3) is 0.250. The molecule has 1 N–H and O–H groups in total. The second kappa shape index (κ2) is 7.98. The number of aryl methyl sites for hydroxylation is 1. The molecule has 0 bridgehead atoms. The van der Waals surface area contributed by atoms with Crippen molar-refractivity contribution in [1.82, 2.24) is 5.32 Å². The SMILES string of the molecule is Cc1ccc(N2C(=O)NC(=O)[C@]3(Cc4ccccc4N4CCN(c5ccccc5)C[C@@H]43)C2=O)cc1. The van der Waals surface area contributed by atoms with Crippen molar-refractivity contribution in [3.05, 3.63) is 90.0 Å². The number of para-hydroxylation sites is 2. The van der Waals surface area contributed by atoms with Crippen molar-refractivity contribution in [1.29, 1.82) is 0 Å². The Morgan fingerprint density at radius 1 is 0.829 bits per heavy atom. The second-order valence-corrected chi connectivity index (χ2v) is 9.50. The fourth-order valence-corrected chi connectivity index (χ4v) is 5.76. The molecule has 2 saturated heterocycles. The molecule has 6 rings (SSSR count). The van der Waals surface area contributed by atoms with Crippen LogP contribution in [0.25, 0.3) is 0 Å². The first-order valence-corrected chi connectivity index (χ1v) is 11.9. The lowest BCUT2D eigenvalue weighted by atomic mass is 9.67. The van der Waals surface area contributed by atoms with E-state index in [1.807, 2.05) is 67.6 Å². The summed E-state index contributed by atoms with van der Waals surface area (Å²) < 4.78 is 0. The van der Waals surface area contributed by atoms with Crippen LogP contribution in [0.1, 0.15) is 11.1 Å². The number of rotatable bonds is 2. The van der Waals surface area contributed by atoms with Crippen molar-refractivity contribution >= 4 is 34.9 Å². The molecule has 35 heavy (non-hydrogen) atoms. The molecule has 7 nitrogen and oxygen atoms in total. The van der Waals surface area contributed by atoms with Crippen molar-refractivity contribution < 1.29 is 14.4 Å². The monoisotopic (exact) mass is 466 g/mol. The first-order valence-electron chi connectivity index (χ1n) is 11.9. The zero-order valence-corrected chi connectivity index (χ0v) is 19.5. The maximum atomic E-state index is 14.3. The molecule has 0 saturated carbocycles. The van der Waals surface area contributed by atoms with Gasteiger partial charge in [0.2, 0.25) is 5.91 Å². The van der Waals surface area contributed by atoms with Crippen LogP contribution < -0.4 is 20.0 Å². The highest BCUT2D eigenvalue weighted by Crippen LogP contribution is 2.46. The molecule has 3 aliphatic heterocycles. The Balaban J connectivity index is 1.48. The van der Waals surface area contributed by atoms with Crippen LogP contribution in [0.3, 0.4) is 0 Å². The topological polar surface area (TPSA) is 73.0 Å². The van der Waals surface area contributed by atoms with Gasteiger partial charge in [-0.1, -0.05) is 54.1 Å². The number of carbonyl (C=O) groups excluding carboxylic acids is 3. The lowest BCUT2D eigenvalue weighted by molar-refractivity contribution is -0.144. The van der Waals surface area contributed by atoms with Gasteiger partial charge in [-0.25, -0.2) is 9.69 Å². The maximum absolute atomic E-state index is 14.3. The normalized spacial score (nSPS) is 23.7. The molecular weight excluding hydrogens is 440 g/mol. The standard InChI is InChI=1S/C28H26N4O3/c1-19-11-13-22(14-12-19)32-26(34)28(25(33)29-27(32)35)17-20-7-5-6-10-23(20)31-16-15-30(18-24(28)31)21-8-3-2-4-9-21/h2-14,24H,15-18H2,1H3,(H,29,33,35)/t24-,28-/m1/s1. The number of hydrogen-bond acceptors (Lipinski definition) is 5. The summed E-state index contributed by atoms with van der Waals surface area (Å²) in [6, 6.07) is 24.1. The van der Waals surface area contributed by atoms with Crippen molar-refractivity contribution in [2.75, 3.05) is 34.3 Å². The minimum Gasteiger partial charge on any atom is -0.368 e. The largest absolute Gasteiger partial charge is 0.368 e. The summed E-state index contributed by atoms with van der Waals surface area (Å²) in [6.07, 6.45) is 0.243. The summed E-state index contributed by atoms with van der Waals surface area (Å²) in [7, 11) is 0. The Kier molecular flexibility index (Phi) is 4.88. The number of hydrogen-bond donors (Lipinski definition) is 1. The van der Waals surface area contributed by atoms with E-state index < -0.39 is 29.3 Å². The number of fused-ring (bicyclic) bond motifs is 4. The van der Waals surface area contributed by atoms with Crippen LogP contribution in [0.15, 0.2) is 78.9 Å². The number of urea groups is 1. The van der Waals surface area contributed by atoms with E-state index >= 15 is 0 Å². The van der Waals surface area contributed by atoms with Gasteiger partial charge in [0.05, 0.1) is 11.7 Å². The summed E-state index contributed by atoms with van der Waals surface area (Å²) >= 11 is 0. The third-order valence-electron chi connectivity index (χ3n) is 7.55. The van der Waals surface area contributed by atoms with Crippen molar-refractivity contribution in [2.45, 2.75) is 19.4 Å². The third-order valence-corrected chi connectivity index (χ3v) is 7.55. The Morgan fingerprint density at radius 3 is 2.31 bits per heavy atom. The average molecular weight is 467 g/mol. The Hall–Kier alpha value is -4.13. The quantitative estimate of drug-likeness (QED) is 0.585. The van der Waals surface area contributed by atoms with Crippen LogP contribution in [0, 0.1) is 12.3 Å². The van der Waals surface area contributed by atoms with Gasteiger partial charge in [-0.2, -0.15) is 0 Å². The molecule has 0 unspecified atom stereocenters. The Morgan fingerprint density at radius 2 is 1.54 bits per heavy atom. The number of imide groups is 2. The minimum atomic E-state index is -1.43. The molecule has 2 fully saturated rings. The first-order chi connectivity index (χ1) is 17.0. The summed E-state index contributed by atoms with van der Waals surface area (Å²) in [6.45, 7) is 3.87. The van der Waals surface area contributed by atoms with E-state index in [9.17, 15) is 14.4 Å². The average Bonchev–Trinajstić information content (AvgIpc) is 2.88. The zero-order valence-electron chi connectivity index (χ0n) is 19.5. The van der Waals surface area contributed by atoms with Crippen LogP contribution in [0.4, 0.5) is 21.9 Å². The molecule has 0 radical (unpaired) electrons. The second-order valence-electron chi connectivity index (χ2n) is 9.50. The molecule has 176 valence electrons. The summed E-state index contributed by atoms with van der Waals surface area (Å²) in [4.78, 5) is 46.6. The predicted octanol–water partition coefficient (Wildman–Crippen LogP) is 3.52. The number of carbonyl (C=O) groups is 3. The number of nitrogens with one attached hydrogen (secondary N) is 1. The lowest BCUT2D eigenvalue weighted by Crippen LogP contribution is -2.75. The molecule has 7 heteroatoms. The molecule has 1 spiro atoms. The number of anilines is 3. The van der Waals surface area contributed by atoms with E-state index in [0.29, 0.717) is 18.8 Å². The predicted molar refractivity (Wildman–Crippen MR) is 135 cm³/mol. The van der Waals surface area contributed by atoms with E-state index in [1.54, 1.807) is 12.1 Å². The summed E-state index contributed by atoms with van der Waals surface area (Å²) in [5.41, 5.74) is 3.10. The molecule has 3 aliphatic rings. The van der Waals surface area contributed by atoms with Crippen molar-refractivity contribution in [3.63, 3.8) is 0 Å². The number of nitrogens with zero attached hydrogens (tertiary/aromatic N) is 3. The number of piperazine rings is 1. The van der Waals surface area contributed by atoms with Crippen LogP contribution >= 0.6 is 0 Å². The molecule has 4 amide bonds. The van der Waals surface area contributed by atoms with Gasteiger partial charge in [-0.05, 0) is 49.2 Å². The van der Waals surface area contributed by atoms with Crippen LogP contribution in [0.2, 0.25) is 0 Å². The summed E-state index contributed by atoms with van der Waals surface area (Å²) in [5, 5.41) is 2.53. The van der Waals surface area contributed by atoms with Gasteiger partial charge in [0.15, 0.2) is 5.41 Å². The third kappa shape index (κ3) is 3.22. The number of amides is 4. The van der Waals surface area contributed by atoms with Crippen LogP contribution in [0.5, 0.6) is 0 Å². The molecule has 3 aromatic rings. The molecule has 3 heterocycles. The van der Waals surface area contributed by atoms with Crippen molar-refractivity contribution in [2.24, 2.45) is 5.41 Å². The van der Waals surface area contributed by atoms with E-state index in [-0.39, 0.29) is 6.42 Å². The first kappa shape index (κ1) is 21.4. The highest BCUT2D eigenvalue weighted by atomic mass is 16.2. The minimum absolute atomic E-state index is 0.243. The maximum Gasteiger partial charge on any atom is 0.335 e. The number of barbiturate groups is 1. The smallest absolute Gasteiger partial charge is 0.335 e. The van der Waals surface area contributed by atoms with E-state index in [1.165, 1.54) is 0 Å². The van der Waals surface area contributed by atoms with Crippen LogP contribution in [-0.4, -0.2) is 43.5 Å². The van der Waals surface area contributed by atoms with Gasteiger partial charge in [-0.15, -0.1) is 0 Å². The van der Waals surface area contributed by atoms with Crippen LogP contribution in [-0.2, 0) is 16.0 Å². The molecule has 3 aromatic carbocycles. The highest BCUT2D eigenvalue weighted by molar-refractivity contribution is 6.30. The van der Waals surface area contributed by atoms with Gasteiger partial charge >= 0.3 is 6.03 Å². The van der Waals surface area contributed by atoms with Gasteiger partial charge < -0.3 is 9.80 Å². The lowest BCUT2D eigenvalue weighted by Gasteiger charge is -2.55. The fourth-order valence-electron chi connectivity index (χ4n) is 5.76. The zero-order chi connectivity index (χ0) is 24.2. The van der Waals surface area contributed by atoms with Gasteiger partial charge in [0.1, 0.15) is 0 Å². The molecule has 0 aromatic heterocycles. The number of benzene rings is 3. The molecule has 0 aliphatic carbocycles. The van der Waals surface area contributed by atoms with E-state index in [4.69, 9.17) is 0 Å². The Bertz CT molecular complexity index is 1320. The van der Waals surface area contributed by atoms with E-state index in [0.717, 1.165) is 33.9 Å². The van der Waals surface area contributed by atoms with Gasteiger partial charge in [0.25, 0.3) is 5.91 Å². The Labute approximate surface area is 203 Å². The van der Waals surface area contributed by atoms with Gasteiger partial charge in [-0.3, -0.25) is 14.9 Å². The highest BCUT2D eigenvalue weighted by Gasteiger charge is 2.63. The van der Waals surface area contributed by atoms with Gasteiger partial charge in [0, 0.05) is 31.0 Å². The molecular formula is C28H26N4O3. The van der Waals surface area contributed by atoms with E-state index in [2.05, 4.69) is 21.2 Å². The summed E-state index contributed by atoms with van der Waals surface area (Å²) in [5.74, 6) is -0.982.